The SMILES string of the molecule is I.O.O.[Zn]. The molecule has 0 atom stereocenters. The molecule has 0 amide bonds. The number of hydrogen-bond acceptors (Lipinski definition) is 0. The van der Waals surface area contributed by atoms with Crippen molar-refractivity contribution in [1.82, 2.24) is 0 Å². The Kier molecular flexibility index (Phi) is 419. The van der Waals surface area contributed by atoms with Gasteiger partial charge in [0.1, 0.15) is 0 Å². The predicted molar refractivity (Wildman–Crippen MR) is 22.6 cm³/mol. The molecule has 0 bridgehead atoms. The summed E-state index contributed by atoms with van der Waals surface area (Å²) in [5.74, 6) is 0. The van der Waals surface area contributed by atoms with Crippen molar-refractivity contribution < 1.29 is 30.4 Å². The van der Waals surface area contributed by atoms with Crippen molar-refractivity contribution in [3.8, 4) is 0 Å². The van der Waals surface area contributed by atoms with E-state index in [1.807, 2.05) is 0 Å². The molecule has 4 heteroatoms. The number of rotatable bonds is 0. The molecule has 0 spiro atoms. The van der Waals surface area contributed by atoms with Gasteiger partial charge in [0.2, 0.25) is 0 Å². The maximum atomic E-state index is 0. The fourth-order valence-corrected chi connectivity index (χ4v) is 0. The normalized spacial score (nSPS) is 0. The van der Waals surface area contributed by atoms with Crippen LogP contribution in [0.3, 0.4) is 0 Å². The van der Waals surface area contributed by atoms with E-state index in [9.17, 15) is 0 Å². The Hall–Kier alpha value is 1.27. The molecule has 0 aromatic carbocycles. The molecule has 0 fully saturated rings. The van der Waals surface area contributed by atoms with Crippen LogP contribution >= 0.6 is 24.0 Å². The third-order valence-corrected chi connectivity index (χ3v) is 0. The molecule has 4 heavy (non-hydrogen) atoms. The Morgan fingerprint density at radius 3 is 0.750 bits per heavy atom. The van der Waals surface area contributed by atoms with E-state index < -0.39 is 0 Å². The van der Waals surface area contributed by atoms with Crippen LogP contribution in [0.1, 0.15) is 0 Å². The zero-order chi connectivity index (χ0) is 0. The van der Waals surface area contributed by atoms with E-state index in [2.05, 4.69) is 0 Å². The second-order valence-corrected chi connectivity index (χ2v) is 0. The molecule has 0 aliphatic rings. The van der Waals surface area contributed by atoms with Gasteiger partial charge in [-0.25, -0.2) is 0 Å². The van der Waals surface area contributed by atoms with Crippen molar-refractivity contribution in [2.75, 3.05) is 0 Å². The van der Waals surface area contributed by atoms with Crippen molar-refractivity contribution in [2.24, 2.45) is 0 Å². The monoisotopic (exact) mass is 228 g/mol. The Balaban J connectivity index is 0. The molecule has 0 saturated carbocycles. The van der Waals surface area contributed by atoms with Crippen LogP contribution in [0.4, 0.5) is 0 Å². The Labute approximate surface area is 54.4 Å². The molecule has 0 heterocycles. The summed E-state index contributed by atoms with van der Waals surface area (Å²) in [5, 5.41) is 0. The van der Waals surface area contributed by atoms with Gasteiger partial charge in [-0.05, 0) is 0 Å². The van der Waals surface area contributed by atoms with E-state index in [1.54, 1.807) is 0 Å². The van der Waals surface area contributed by atoms with Gasteiger partial charge < -0.3 is 11.0 Å². The van der Waals surface area contributed by atoms with Crippen LogP contribution < -0.4 is 0 Å². The average Bonchev–Trinajstić information content (AvgIpc) is 0. The van der Waals surface area contributed by atoms with Gasteiger partial charge in [0.25, 0.3) is 0 Å². The Bertz CT molecular complexity index is 6.00. The number of hydrogen-bond donors (Lipinski definition) is 0. The van der Waals surface area contributed by atoms with E-state index in [1.165, 1.54) is 0 Å². The standard InChI is InChI=1S/HI.2H2O.Zn/h1H;2*1H2;. The first-order valence-electron chi connectivity index (χ1n) is 0. The number of halogens is 1. The molecular weight excluding hydrogens is 224 g/mol. The molecule has 0 aromatic rings. The van der Waals surface area contributed by atoms with Crippen molar-refractivity contribution in [3.05, 3.63) is 0 Å². The first-order chi connectivity index (χ1) is 0. The smallest absolute Gasteiger partial charge is 0 e. The molecule has 0 aliphatic heterocycles. The molecule has 0 unspecified atom stereocenters. The van der Waals surface area contributed by atoms with Crippen LogP contribution in [0.25, 0.3) is 0 Å². The van der Waals surface area contributed by atoms with E-state index in [-0.39, 0.29) is 54.4 Å². The minimum Gasteiger partial charge on any atom is -0.412 e. The zero-order valence-electron chi connectivity index (χ0n) is 2.12. The van der Waals surface area contributed by atoms with Crippen molar-refractivity contribution in [3.63, 3.8) is 0 Å². The van der Waals surface area contributed by atoms with Gasteiger partial charge in [-0.1, -0.05) is 0 Å². The summed E-state index contributed by atoms with van der Waals surface area (Å²) >= 11 is 0. The molecule has 0 aromatic heterocycles. The van der Waals surface area contributed by atoms with Crippen LogP contribution in [-0.2, 0) is 19.5 Å². The predicted octanol–water partition coefficient (Wildman–Crippen LogP) is -1.03. The van der Waals surface area contributed by atoms with Gasteiger partial charge >= 0.3 is 0 Å². The molecule has 0 aliphatic carbocycles. The van der Waals surface area contributed by atoms with Crippen LogP contribution in [-0.4, -0.2) is 11.0 Å². The average molecular weight is 229 g/mol. The summed E-state index contributed by atoms with van der Waals surface area (Å²) in [6.07, 6.45) is 0. The van der Waals surface area contributed by atoms with Gasteiger partial charge in [-0.3, -0.25) is 0 Å². The molecule has 0 rings (SSSR count). The largest absolute Gasteiger partial charge is 0.412 e. The van der Waals surface area contributed by atoms with E-state index in [4.69, 9.17) is 0 Å². The van der Waals surface area contributed by atoms with Gasteiger partial charge in [-0.15, -0.1) is 24.0 Å². The second kappa shape index (κ2) is 28.2. The van der Waals surface area contributed by atoms with Gasteiger partial charge in [0.05, 0.1) is 0 Å². The third-order valence-electron chi connectivity index (χ3n) is 0. The molecule has 0 saturated heterocycles. The minimum absolute atomic E-state index is 0. The van der Waals surface area contributed by atoms with Crippen molar-refractivity contribution >= 4 is 24.0 Å². The first-order valence-corrected chi connectivity index (χ1v) is 0. The summed E-state index contributed by atoms with van der Waals surface area (Å²) in [6.45, 7) is 0. The quantitative estimate of drug-likeness (QED) is 0.376. The zero-order valence-corrected chi connectivity index (χ0v) is 7.41. The Morgan fingerprint density at radius 2 is 0.750 bits per heavy atom. The summed E-state index contributed by atoms with van der Waals surface area (Å²) < 4.78 is 0. The van der Waals surface area contributed by atoms with Crippen molar-refractivity contribution in [2.45, 2.75) is 0 Å². The van der Waals surface area contributed by atoms with Gasteiger partial charge in [0.15, 0.2) is 0 Å². The van der Waals surface area contributed by atoms with Crippen molar-refractivity contribution in [1.29, 1.82) is 0 Å². The summed E-state index contributed by atoms with van der Waals surface area (Å²) in [6, 6.07) is 0. The molecular formula is H5IO2Zn. The van der Waals surface area contributed by atoms with Crippen LogP contribution in [0, 0.1) is 0 Å². The summed E-state index contributed by atoms with van der Waals surface area (Å²) in [5.41, 5.74) is 0. The van der Waals surface area contributed by atoms with E-state index in [0.29, 0.717) is 0 Å². The molecule has 0 radical (unpaired) electrons. The van der Waals surface area contributed by atoms with E-state index >= 15 is 0 Å². The molecule has 4 N–H and O–H groups in total. The maximum Gasteiger partial charge on any atom is 0 e. The fourth-order valence-electron chi connectivity index (χ4n) is 0. The third kappa shape index (κ3) is 10.4. The maximum absolute atomic E-state index is 0. The summed E-state index contributed by atoms with van der Waals surface area (Å²) in [7, 11) is 0. The molecule has 2 nitrogen and oxygen atoms in total. The van der Waals surface area contributed by atoms with Crippen LogP contribution in [0.2, 0.25) is 0 Å². The Morgan fingerprint density at radius 1 is 0.750 bits per heavy atom. The van der Waals surface area contributed by atoms with Crippen LogP contribution in [0.5, 0.6) is 0 Å². The molecule has 26 valence electrons. The van der Waals surface area contributed by atoms with Gasteiger partial charge in [0, 0.05) is 19.5 Å². The van der Waals surface area contributed by atoms with E-state index in [0.717, 1.165) is 0 Å². The fraction of sp³-hybridized carbons (Fsp3) is 0. The van der Waals surface area contributed by atoms with Gasteiger partial charge in [-0.2, -0.15) is 0 Å². The second-order valence-electron chi connectivity index (χ2n) is 0. The first kappa shape index (κ1) is 59.4. The van der Waals surface area contributed by atoms with Crippen LogP contribution in [0.15, 0.2) is 0 Å². The topological polar surface area (TPSA) is 63.0 Å². The minimum atomic E-state index is 0. The summed E-state index contributed by atoms with van der Waals surface area (Å²) in [4.78, 5) is 0.